The highest BCUT2D eigenvalue weighted by molar-refractivity contribution is 7.89. The summed E-state index contributed by atoms with van der Waals surface area (Å²) in [6, 6.07) is 5.80. The zero-order valence-electron chi connectivity index (χ0n) is 14.6. The molecule has 1 aromatic carbocycles. The van der Waals surface area contributed by atoms with Gasteiger partial charge in [0, 0.05) is 0 Å². The minimum absolute atomic E-state index is 0.0235. The number of sulfonamides is 1. The lowest BCUT2D eigenvalue weighted by atomic mass is 10.2. The maximum Gasteiger partial charge on any atom is 0.339 e. The van der Waals surface area contributed by atoms with Crippen LogP contribution in [0, 0.1) is 6.92 Å². The van der Waals surface area contributed by atoms with Crippen LogP contribution >= 0.6 is 11.6 Å². The Balaban J connectivity index is 2.11. The van der Waals surface area contributed by atoms with Crippen LogP contribution in [0.15, 0.2) is 29.2 Å². The van der Waals surface area contributed by atoms with E-state index >= 15 is 0 Å². The highest BCUT2D eigenvalue weighted by Crippen LogP contribution is 2.16. The SMILES string of the molecule is COc1nc(C)nc(NCNS(=O)(=O)c2ccccc2C(=O)OCCCl)n1. The summed E-state index contributed by atoms with van der Waals surface area (Å²) in [6.45, 7) is 1.40. The molecule has 146 valence electrons. The molecule has 10 nitrogen and oxygen atoms in total. The lowest BCUT2D eigenvalue weighted by molar-refractivity contribution is 0.0524. The maximum atomic E-state index is 12.5. The van der Waals surface area contributed by atoms with E-state index in [9.17, 15) is 13.2 Å². The van der Waals surface area contributed by atoms with Gasteiger partial charge in [0.15, 0.2) is 0 Å². The first-order valence-corrected chi connectivity index (χ1v) is 9.71. The second kappa shape index (κ2) is 9.44. The van der Waals surface area contributed by atoms with Crippen LogP contribution in [0.4, 0.5) is 5.95 Å². The molecule has 0 aliphatic heterocycles. The Hall–Kier alpha value is -2.50. The largest absolute Gasteiger partial charge is 0.467 e. The first-order valence-electron chi connectivity index (χ1n) is 7.69. The van der Waals surface area contributed by atoms with Gasteiger partial charge in [-0.15, -0.1) is 11.6 Å². The predicted octanol–water partition coefficient (Wildman–Crippen LogP) is 0.932. The molecule has 0 saturated heterocycles. The third kappa shape index (κ3) is 5.74. The van der Waals surface area contributed by atoms with Crippen LogP contribution in [-0.4, -0.2) is 55.6 Å². The zero-order chi connectivity index (χ0) is 19.9. The van der Waals surface area contributed by atoms with Crippen molar-refractivity contribution in [2.24, 2.45) is 0 Å². The Labute approximate surface area is 161 Å². The van der Waals surface area contributed by atoms with E-state index < -0.39 is 16.0 Å². The number of alkyl halides is 1. The van der Waals surface area contributed by atoms with Crippen LogP contribution < -0.4 is 14.8 Å². The molecule has 2 aromatic rings. The van der Waals surface area contributed by atoms with E-state index in [1.165, 1.54) is 31.4 Å². The van der Waals surface area contributed by atoms with Crippen molar-refractivity contribution in [2.45, 2.75) is 11.8 Å². The smallest absolute Gasteiger partial charge is 0.339 e. The average molecular weight is 416 g/mol. The third-order valence-corrected chi connectivity index (χ3v) is 4.74. The quantitative estimate of drug-likeness (QED) is 0.348. The Bertz CT molecular complexity index is 909. The zero-order valence-corrected chi connectivity index (χ0v) is 16.2. The second-order valence-corrected chi connectivity index (χ2v) is 7.13. The van der Waals surface area contributed by atoms with Crippen LogP contribution in [0.25, 0.3) is 0 Å². The summed E-state index contributed by atoms with van der Waals surface area (Å²) in [5.41, 5.74) is -0.0900. The monoisotopic (exact) mass is 415 g/mol. The number of carbonyl (C=O) groups is 1. The van der Waals surface area contributed by atoms with Crippen molar-refractivity contribution >= 4 is 33.5 Å². The summed E-state index contributed by atoms with van der Waals surface area (Å²) in [4.78, 5) is 23.7. The van der Waals surface area contributed by atoms with E-state index in [4.69, 9.17) is 21.1 Å². The van der Waals surface area contributed by atoms with Crippen LogP contribution in [-0.2, 0) is 14.8 Å². The van der Waals surface area contributed by atoms with Crippen molar-refractivity contribution in [1.82, 2.24) is 19.7 Å². The number of halogens is 1. The van der Waals surface area contributed by atoms with Crippen LogP contribution in [0.2, 0.25) is 0 Å². The van der Waals surface area contributed by atoms with E-state index in [0.717, 1.165) is 0 Å². The maximum absolute atomic E-state index is 12.5. The molecule has 0 aliphatic carbocycles. The lowest BCUT2D eigenvalue weighted by Gasteiger charge is -2.12. The van der Waals surface area contributed by atoms with Gasteiger partial charge in [0.1, 0.15) is 12.4 Å². The van der Waals surface area contributed by atoms with E-state index in [1.807, 2.05) is 0 Å². The number of aryl methyl sites for hydroxylation is 1. The average Bonchev–Trinajstić information content (AvgIpc) is 2.65. The van der Waals surface area contributed by atoms with E-state index in [2.05, 4.69) is 25.0 Å². The van der Waals surface area contributed by atoms with Gasteiger partial charge in [-0.05, 0) is 19.1 Å². The van der Waals surface area contributed by atoms with Crippen molar-refractivity contribution in [3.05, 3.63) is 35.7 Å². The number of aromatic nitrogens is 3. The number of esters is 1. The Morgan fingerprint density at radius 2 is 1.96 bits per heavy atom. The molecule has 0 unspecified atom stereocenters. The normalized spacial score (nSPS) is 11.1. The third-order valence-electron chi connectivity index (χ3n) is 3.12. The lowest BCUT2D eigenvalue weighted by Crippen LogP contribution is -2.31. The molecule has 1 aromatic heterocycles. The Morgan fingerprint density at radius 3 is 2.67 bits per heavy atom. The molecule has 27 heavy (non-hydrogen) atoms. The fourth-order valence-electron chi connectivity index (χ4n) is 1.99. The van der Waals surface area contributed by atoms with Gasteiger partial charge in [-0.2, -0.15) is 19.7 Å². The Kier molecular flexibility index (Phi) is 7.28. The van der Waals surface area contributed by atoms with E-state index in [0.29, 0.717) is 5.82 Å². The molecule has 2 rings (SSSR count). The number of benzene rings is 1. The van der Waals surface area contributed by atoms with Crippen LogP contribution in [0.3, 0.4) is 0 Å². The molecular weight excluding hydrogens is 398 g/mol. The van der Waals surface area contributed by atoms with Gasteiger partial charge in [-0.25, -0.2) is 13.2 Å². The van der Waals surface area contributed by atoms with Gasteiger partial charge >= 0.3 is 12.0 Å². The van der Waals surface area contributed by atoms with Gasteiger partial charge in [-0.1, -0.05) is 12.1 Å². The first kappa shape index (κ1) is 20.8. The van der Waals surface area contributed by atoms with Gasteiger partial charge < -0.3 is 14.8 Å². The van der Waals surface area contributed by atoms with E-state index in [1.54, 1.807) is 6.92 Å². The molecule has 0 amide bonds. The van der Waals surface area contributed by atoms with Crippen molar-refractivity contribution in [3.8, 4) is 6.01 Å². The number of hydrogen-bond donors (Lipinski definition) is 2. The predicted molar refractivity (Wildman–Crippen MR) is 97.4 cm³/mol. The standard InChI is InChI=1S/C15H18ClN5O5S/c1-10-19-14(21-15(20-10)25-2)17-9-18-27(23,24)12-6-4-3-5-11(12)13(22)26-8-7-16/h3-6,18H,7-9H2,1-2H3,(H,17,19,20,21). The minimum Gasteiger partial charge on any atom is -0.467 e. The highest BCUT2D eigenvalue weighted by Gasteiger charge is 2.22. The van der Waals surface area contributed by atoms with Crippen molar-refractivity contribution in [2.75, 3.05) is 31.6 Å². The first-order chi connectivity index (χ1) is 12.9. The molecule has 12 heteroatoms. The fraction of sp³-hybridized carbons (Fsp3) is 0.333. The van der Waals surface area contributed by atoms with Gasteiger partial charge in [0.2, 0.25) is 16.0 Å². The van der Waals surface area contributed by atoms with E-state index in [-0.39, 0.29) is 41.6 Å². The number of nitrogens with one attached hydrogen (secondary N) is 2. The fourth-order valence-corrected chi connectivity index (χ4v) is 3.19. The molecule has 0 spiro atoms. The van der Waals surface area contributed by atoms with Crippen LogP contribution in [0.1, 0.15) is 16.2 Å². The van der Waals surface area contributed by atoms with Crippen molar-refractivity contribution < 1.29 is 22.7 Å². The molecule has 0 bridgehead atoms. The molecule has 0 radical (unpaired) electrons. The molecule has 0 aliphatic rings. The van der Waals surface area contributed by atoms with Crippen LogP contribution in [0.5, 0.6) is 6.01 Å². The van der Waals surface area contributed by atoms with Crippen molar-refractivity contribution in [3.63, 3.8) is 0 Å². The summed E-state index contributed by atoms with van der Waals surface area (Å²) in [5, 5.41) is 2.70. The van der Waals surface area contributed by atoms with Gasteiger partial charge in [0.05, 0.1) is 30.1 Å². The molecular formula is C15H18ClN5O5S. The number of ether oxygens (including phenoxy) is 2. The summed E-state index contributed by atoms with van der Waals surface area (Å²) in [7, 11) is -2.60. The summed E-state index contributed by atoms with van der Waals surface area (Å²) in [6.07, 6.45) is 0. The summed E-state index contributed by atoms with van der Waals surface area (Å²) < 4.78 is 37.2. The molecule has 1 heterocycles. The number of methoxy groups -OCH3 is 1. The van der Waals surface area contributed by atoms with Gasteiger partial charge in [0.25, 0.3) is 0 Å². The molecule has 0 saturated carbocycles. The number of anilines is 1. The summed E-state index contributed by atoms with van der Waals surface area (Å²) in [5.74, 6) is -0.128. The molecule has 0 fully saturated rings. The topological polar surface area (TPSA) is 132 Å². The number of carbonyl (C=O) groups excluding carboxylic acids is 1. The summed E-state index contributed by atoms with van der Waals surface area (Å²) >= 11 is 5.48. The highest BCUT2D eigenvalue weighted by atomic mass is 35.5. The molecule has 2 N–H and O–H groups in total. The number of nitrogens with zero attached hydrogens (tertiary/aromatic N) is 3. The minimum atomic E-state index is -4.01. The number of rotatable bonds is 9. The second-order valence-electron chi connectivity index (χ2n) is 5.02. The van der Waals surface area contributed by atoms with Gasteiger partial charge in [-0.3, -0.25) is 0 Å². The number of hydrogen-bond acceptors (Lipinski definition) is 9. The Morgan fingerprint density at radius 1 is 1.22 bits per heavy atom. The molecule has 0 atom stereocenters. The van der Waals surface area contributed by atoms with Crippen molar-refractivity contribution in [1.29, 1.82) is 0 Å².